The molecule has 0 atom stereocenters. The van der Waals surface area contributed by atoms with Crippen molar-refractivity contribution in [1.82, 2.24) is 9.38 Å². The molecule has 0 aliphatic carbocycles. The highest BCUT2D eigenvalue weighted by molar-refractivity contribution is 7.17. The summed E-state index contributed by atoms with van der Waals surface area (Å²) in [7, 11) is 0. The first kappa shape index (κ1) is 17.2. The third-order valence-corrected chi connectivity index (χ3v) is 4.57. The molecule has 0 saturated carbocycles. The molecule has 7 heteroatoms. The fraction of sp³-hybridized carbons (Fsp3) is 0.278. The number of nitrogens with zero attached hydrogens (tertiary/aromatic N) is 2. The predicted octanol–water partition coefficient (Wildman–Crippen LogP) is 3.38. The smallest absolute Gasteiger partial charge is 0.311 e. The number of aldehydes is 1. The molecule has 2 aromatic heterocycles. The maximum absolute atomic E-state index is 11.7. The van der Waals surface area contributed by atoms with Gasteiger partial charge in [-0.25, -0.2) is 4.98 Å². The van der Waals surface area contributed by atoms with Crippen molar-refractivity contribution >= 4 is 28.6 Å². The van der Waals surface area contributed by atoms with Crippen LogP contribution in [0.25, 0.3) is 16.2 Å². The van der Waals surface area contributed by atoms with Crippen LogP contribution < -0.4 is 4.74 Å². The average molecular weight is 358 g/mol. The van der Waals surface area contributed by atoms with Gasteiger partial charge in [-0.15, -0.1) is 11.3 Å². The van der Waals surface area contributed by atoms with E-state index in [1.54, 1.807) is 17.5 Å². The molecule has 0 unspecified atom stereocenters. The Bertz CT molecular complexity index is 913. The molecule has 130 valence electrons. The average Bonchev–Trinajstić information content (AvgIpc) is 3.12. The van der Waals surface area contributed by atoms with E-state index in [-0.39, 0.29) is 12.4 Å². The summed E-state index contributed by atoms with van der Waals surface area (Å²) >= 11 is 1.37. The van der Waals surface area contributed by atoms with Crippen LogP contribution in [0.4, 0.5) is 0 Å². The van der Waals surface area contributed by atoms with E-state index in [2.05, 4.69) is 4.98 Å². The van der Waals surface area contributed by atoms with E-state index in [9.17, 15) is 9.59 Å². The molecular weight excluding hydrogens is 340 g/mol. The number of imidazole rings is 1. The molecule has 3 rings (SSSR count). The Morgan fingerprint density at radius 3 is 2.80 bits per heavy atom. The summed E-state index contributed by atoms with van der Waals surface area (Å²) in [6.07, 6.45) is 2.71. The van der Waals surface area contributed by atoms with E-state index < -0.39 is 0 Å². The molecule has 0 spiro atoms. The maximum Gasteiger partial charge on any atom is 0.311 e. The van der Waals surface area contributed by atoms with Gasteiger partial charge in [-0.05, 0) is 26.0 Å². The minimum Gasteiger partial charge on any atom is -0.493 e. The number of thiazole rings is 1. The van der Waals surface area contributed by atoms with Gasteiger partial charge in [0.2, 0.25) is 0 Å². The standard InChI is InChI=1S/C18H18N2O4S/c1-3-23-15-8-6-5-7-13(15)17-14(11-21)20-10-12(25-18(20)19-17)9-16(22)24-4-2/h5-8,10-11H,3-4,9H2,1-2H3. The van der Waals surface area contributed by atoms with Crippen molar-refractivity contribution in [2.45, 2.75) is 20.3 Å². The molecule has 0 aliphatic heterocycles. The summed E-state index contributed by atoms with van der Waals surface area (Å²) in [5, 5.41) is 0. The number of ether oxygens (including phenoxy) is 2. The first-order valence-electron chi connectivity index (χ1n) is 8.01. The number of carbonyl (C=O) groups is 2. The lowest BCUT2D eigenvalue weighted by molar-refractivity contribution is -0.142. The van der Waals surface area contributed by atoms with Gasteiger partial charge in [0.05, 0.1) is 19.6 Å². The van der Waals surface area contributed by atoms with Crippen LogP contribution >= 0.6 is 11.3 Å². The van der Waals surface area contributed by atoms with Gasteiger partial charge in [0, 0.05) is 16.6 Å². The van der Waals surface area contributed by atoms with Crippen molar-refractivity contribution in [3.63, 3.8) is 0 Å². The summed E-state index contributed by atoms with van der Waals surface area (Å²) in [5.41, 5.74) is 1.79. The van der Waals surface area contributed by atoms with Crippen LogP contribution in [0.15, 0.2) is 30.5 Å². The molecule has 0 bridgehead atoms. The van der Waals surface area contributed by atoms with Crippen molar-refractivity contribution in [3.8, 4) is 17.0 Å². The number of esters is 1. The van der Waals surface area contributed by atoms with Gasteiger partial charge in [-0.2, -0.15) is 0 Å². The van der Waals surface area contributed by atoms with Crippen LogP contribution in [-0.2, 0) is 16.0 Å². The Kier molecular flexibility index (Phi) is 5.14. The van der Waals surface area contributed by atoms with Crippen molar-refractivity contribution < 1.29 is 19.1 Å². The number of carbonyl (C=O) groups excluding carboxylic acids is 2. The molecule has 2 heterocycles. The second kappa shape index (κ2) is 7.48. The van der Waals surface area contributed by atoms with E-state index in [1.165, 1.54) is 11.3 Å². The fourth-order valence-corrected chi connectivity index (χ4v) is 3.57. The SMILES string of the molecule is CCOC(=O)Cc1cn2c(C=O)c(-c3ccccc3OCC)nc2s1. The molecule has 6 nitrogen and oxygen atoms in total. The van der Waals surface area contributed by atoms with E-state index in [0.717, 1.165) is 16.7 Å². The Morgan fingerprint density at radius 2 is 2.08 bits per heavy atom. The maximum atomic E-state index is 11.7. The van der Waals surface area contributed by atoms with Crippen molar-refractivity contribution in [2.24, 2.45) is 0 Å². The largest absolute Gasteiger partial charge is 0.493 e. The number of aromatic nitrogens is 2. The lowest BCUT2D eigenvalue weighted by Crippen LogP contribution is -2.06. The zero-order valence-corrected chi connectivity index (χ0v) is 14.8. The van der Waals surface area contributed by atoms with Crippen LogP contribution in [0.2, 0.25) is 0 Å². The third-order valence-electron chi connectivity index (χ3n) is 3.59. The second-order valence-electron chi connectivity index (χ2n) is 5.22. The van der Waals surface area contributed by atoms with Gasteiger partial charge in [0.1, 0.15) is 17.1 Å². The van der Waals surface area contributed by atoms with Gasteiger partial charge >= 0.3 is 5.97 Å². The van der Waals surface area contributed by atoms with E-state index in [1.807, 2.05) is 31.2 Å². The quantitative estimate of drug-likeness (QED) is 0.478. The summed E-state index contributed by atoms with van der Waals surface area (Å²) in [6, 6.07) is 7.49. The van der Waals surface area contributed by atoms with Gasteiger partial charge < -0.3 is 9.47 Å². The van der Waals surface area contributed by atoms with Crippen LogP contribution in [0.3, 0.4) is 0 Å². The first-order valence-corrected chi connectivity index (χ1v) is 8.83. The molecule has 0 fully saturated rings. The monoisotopic (exact) mass is 358 g/mol. The Labute approximate surface area is 149 Å². The first-order chi connectivity index (χ1) is 12.2. The molecule has 0 aliphatic rings. The normalized spacial score (nSPS) is 10.8. The molecule has 25 heavy (non-hydrogen) atoms. The van der Waals surface area contributed by atoms with Crippen molar-refractivity contribution in [2.75, 3.05) is 13.2 Å². The number of fused-ring (bicyclic) bond motifs is 1. The van der Waals surface area contributed by atoms with E-state index in [0.29, 0.717) is 35.3 Å². The number of hydrogen-bond acceptors (Lipinski definition) is 6. The predicted molar refractivity (Wildman–Crippen MR) is 95.4 cm³/mol. The van der Waals surface area contributed by atoms with Crippen LogP contribution in [0.5, 0.6) is 5.75 Å². The minimum absolute atomic E-state index is 0.172. The highest BCUT2D eigenvalue weighted by Gasteiger charge is 2.19. The Hall–Kier alpha value is -2.67. The zero-order valence-electron chi connectivity index (χ0n) is 14.0. The summed E-state index contributed by atoms with van der Waals surface area (Å²) in [4.78, 5) is 29.4. The summed E-state index contributed by atoms with van der Waals surface area (Å²) < 4.78 is 12.3. The molecule has 0 amide bonds. The fourth-order valence-electron chi connectivity index (χ4n) is 2.60. The highest BCUT2D eigenvalue weighted by Crippen LogP contribution is 2.33. The number of para-hydroxylation sites is 1. The molecule has 1 aromatic carbocycles. The zero-order chi connectivity index (χ0) is 17.8. The Morgan fingerprint density at radius 1 is 1.28 bits per heavy atom. The molecular formula is C18H18N2O4S. The summed E-state index contributed by atoms with van der Waals surface area (Å²) in [5.74, 6) is 0.396. The second-order valence-corrected chi connectivity index (χ2v) is 6.32. The van der Waals surface area contributed by atoms with E-state index in [4.69, 9.17) is 9.47 Å². The molecule has 0 saturated heterocycles. The molecule has 3 aromatic rings. The van der Waals surface area contributed by atoms with E-state index >= 15 is 0 Å². The van der Waals surface area contributed by atoms with Crippen LogP contribution in [0.1, 0.15) is 29.2 Å². The summed E-state index contributed by atoms with van der Waals surface area (Å²) in [6.45, 7) is 4.55. The van der Waals surface area contributed by atoms with Crippen LogP contribution in [-0.4, -0.2) is 34.9 Å². The number of benzene rings is 1. The van der Waals surface area contributed by atoms with Crippen molar-refractivity contribution in [3.05, 3.63) is 41.0 Å². The number of rotatable bonds is 7. The van der Waals surface area contributed by atoms with Gasteiger partial charge in [0.15, 0.2) is 11.2 Å². The number of hydrogen-bond donors (Lipinski definition) is 0. The lowest BCUT2D eigenvalue weighted by atomic mass is 10.1. The van der Waals surface area contributed by atoms with Gasteiger partial charge in [0.25, 0.3) is 0 Å². The molecule has 0 radical (unpaired) electrons. The van der Waals surface area contributed by atoms with Crippen molar-refractivity contribution in [1.29, 1.82) is 0 Å². The Balaban J connectivity index is 2.02. The minimum atomic E-state index is -0.290. The molecule has 0 N–H and O–H groups in total. The third kappa shape index (κ3) is 3.41. The van der Waals surface area contributed by atoms with Gasteiger partial charge in [-0.3, -0.25) is 14.0 Å². The highest BCUT2D eigenvalue weighted by atomic mass is 32.1. The topological polar surface area (TPSA) is 69.9 Å². The van der Waals surface area contributed by atoms with Crippen LogP contribution in [0, 0.1) is 0 Å². The van der Waals surface area contributed by atoms with Gasteiger partial charge in [-0.1, -0.05) is 12.1 Å². The lowest BCUT2D eigenvalue weighted by Gasteiger charge is -2.08.